The van der Waals surface area contributed by atoms with E-state index < -0.39 is 0 Å². The van der Waals surface area contributed by atoms with Crippen molar-refractivity contribution < 1.29 is 0 Å². The number of rotatable bonds is 5. The quantitative estimate of drug-likeness (QED) is 0.770. The van der Waals surface area contributed by atoms with Crippen LogP contribution in [0.2, 0.25) is 0 Å². The van der Waals surface area contributed by atoms with Crippen LogP contribution in [0.5, 0.6) is 0 Å². The molecule has 0 aliphatic rings. The molecule has 0 aliphatic carbocycles. The number of nitrogens with zero attached hydrogens (tertiary/aromatic N) is 1. The summed E-state index contributed by atoms with van der Waals surface area (Å²) in [5.41, 5.74) is 1.10. The third kappa shape index (κ3) is 3.49. The number of hydrogen-bond donors (Lipinski definition) is 1. The first kappa shape index (κ1) is 10.6. The van der Waals surface area contributed by atoms with Gasteiger partial charge in [0.25, 0.3) is 0 Å². The maximum atomic E-state index is 8.65. The van der Waals surface area contributed by atoms with E-state index >= 15 is 0 Å². The zero-order valence-electron chi connectivity index (χ0n) is 8.53. The molecule has 2 nitrogen and oxygen atoms in total. The van der Waals surface area contributed by atoms with Crippen LogP contribution in [0.25, 0.3) is 0 Å². The molecule has 1 atom stereocenters. The molecule has 1 N–H and O–H groups in total. The van der Waals surface area contributed by atoms with Crippen molar-refractivity contribution in [2.24, 2.45) is 0 Å². The summed E-state index contributed by atoms with van der Waals surface area (Å²) in [6, 6.07) is 12.5. The Balaban J connectivity index is 2.52. The fourth-order valence-corrected chi connectivity index (χ4v) is 1.45. The highest BCUT2D eigenvalue weighted by molar-refractivity contribution is 5.43. The molecule has 0 amide bonds. The highest BCUT2D eigenvalue weighted by Crippen LogP contribution is 2.11. The second-order valence-corrected chi connectivity index (χ2v) is 3.36. The van der Waals surface area contributed by atoms with E-state index in [1.54, 1.807) is 0 Å². The van der Waals surface area contributed by atoms with Gasteiger partial charge in [0.05, 0.1) is 12.5 Å². The lowest BCUT2D eigenvalue weighted by atomic mass is 10.1. The predicted octanol–water partition coefficient (Wildman–Crippen LogP) is 3.18. The van der Waals surface area contributed by atoms with Gasteiger partial charge in [0.1, 0.15) is 0 Å². The minimum atomic E-state index is 0.285. The van der Waals surface area contributed by atoms with E-state index in [1.165, 1.54) is 0 Å². The lowest BCUT2D eigenvalue weighted by molar-refractivity contribution is 0.652. The van der Waals surface area contributed by atoms with Crippen molar-refractivity contribution in [2.75, 3.05) is 5.32 Å². The summed E-state index contributed by atoms with van der Waals surface area (Å²) < 4.78 is 0. The van der Waals surface area contributed by atoms with Gasteiger partial charge in [0.15, 0.2) is 0 Å². The van der Waals surface area contributed by atoms with Gasteiger partial charge in [-0.25, -0.2) is 0 Å². The van der Waals surface area contributed by atoms with Crippen molar-refractivity contribution >= 4 is 5.69 Å². The third-order valence-electron chi connectivity index (χ3n) is 2.12. The summed E-state index contributed by atoms with van der Waals surface area (Å²) in [5.74, 6) is 0. The molecule has 1 aromatic rings. The Morgan fingerprint density at radius 3 is 2.64 bits per heavy atom. The molecule has 0 saturated heterocycles. The van der Waals surface area contributed by atoms with Gasteiger partial charge in [-0.1, -0.05) is 31.5 Å². The average molecular weight is 188 g/mol. The fourth-order valence-electron chi connectivity index (χ4n) is 1.45. The minimum Gasteiger partial charge on any atom is -0.381 e. The maximum absolute atomic E-state index is 8.65. The van der Waals surface area contributed by atoms with Crippen LogP contribution in [-0.4, -0.2) is 6.04 Å². The number of hydrogen-bond acceptors (Lipinski definition) is 2. The third-order valence-corrected chi connectivity index (χ3v) is 2.12. The van der Waals surface area contributed by atoms with E-state index in [0.717, 1.165) is 18.5 Å². The Kier molecular flexibility index (Phi) is 4.57. The van der Waals surface area contributed by atoms with Crippen LogP contribution < -0.4 is 5.32 Å². The number of benzene rings is 1. The molecule has 1 aromatic carbocycles. The Hall–Kier alpha value is -1.49. The number of nitriles is 1. The van der Waals surface area contributed by atoms with E-state index in [4.69, 9.17) is 5.26 Å². The minimum absolute atomic E-state index is 0.285. The molecular weight excluding hydrogens is 172 g/mol. The molecule has 0 radical (unpaired) electrons. The van der Waals surface area contributed by atoms with Crippen LogP contribution in [0.1, 0.15) is 26.2 Å². The summed E-state index contributed by atoms with van der Waals surface area (Å²) in [6.45, 7) is 2.14. The lowest BCUT2D eigenvalue weighted by Crippen LogP contribution is -2.18. The maximum Gasteiger partial charge on any atom is 0.0643 e. The van der Waals surface area contributed by atoms with E-state index in [2.05, 4.69) is 18.3 Å². The van der Waals surface area contributed by atoms with Gasteiger partial charge in [0.2, 0.25) is 0 Å². The topological polar surface area (TPSA) is 35.8 Å². The van der Waals surface area contributed by atoms with Gasteiger partial charge in [-0.2, -0.15) is 5.26 Å². The van der Waals surface area contributed by atoms with Gasteiger partial charge in [-0.05, 0) is 18.6 Å². The van der Waals surface area contributed by atoms with Gasteiger partial charge < -0.3 is 5.32 Å². The van der Waals surface area contributed by atoms with Crippen molar-refractivity contribution in [1.82, 2.24) is 0 Å². The molecule has 1 rings (SSSR count). The highest BCUT2D eigenvalue weighted by atomic mass is 14.9. The van der Waals surface area contributed by atoms with Crippen molar-refractivity contribution in [3.05, 3.63) is 30.3 Å². The standard InChI is InChI=1S/C12H16N2/c1-2-6-11(9-10-13)14-12-7-4-3-5-8-12/h3-5,7-8,11,14H,2,6,9H2,1H3. The molecule has 74 valence electrons. The van der Waals surface area contributed by atoms with E-state index in [0.29, 0.717) is 6.42 Å². The van der Waals surface area contributed by atoms with Gasteiger partial charge >= 0.3 is 0 Å². The van der Waals surface area contributed by atoms with Crippen molar-refractivity contribution in [3.63, 3.8) is 0 Å². The van der Waals surface area contributed by atoms with Crippen LogP contribution in [-0.2, 0) is 0 Å². The molecule has 0 aromatic heterocycles. The largest absolute Gasteiger partial charge is 0.381 e. The Morgan fingerprint density at radius 1 is 1.36 bits per heavy atom. The monoisotopic (exact) mass is 188 g/mol. The molecule has 0 spiro atoms. The van der Waals surface area contributed by atoms with E-state index in [-0.39, 0.29) is 6.04 Å². The molecule has 0 aliphatic heterocycles. The van der Waals surface area contributed by atoms with Crippen LogP contribution in [0.4, 0.5) is 5.69 Å². The first-order valence-electron chi connectivity index (χ1n) is 5.05. The number of nitrogens with one attached hydrogen (secondary N) is 1. The second kappa shape index (κ2) is 6.04. The van der Waals surface area contributed by atoms with Crippen molar-refractivity contribution in [2.45, 2.75) is 32.2 Å². The average Bonchev–Trinajstić information content (AvgIpc) is 2.20. The molecule has 0 saturated carbocycles. The first-order valence-corrected chi connectivity index (χ1v) is 5.05. The Morgan fingerprint density at radius 2 is 2.07 bits per heavy atom. The summed E-state index contributed by atoms with van der Waals surface area (Å²) in [7, 11) is 0. The molecule has 0 heterocycles. The van der Waals surface area contributed by atoms with Crippen LogP contribution >= 0.6 is 0 Å². The Bertz CT molecular complexity index is 287. The van der Waals surface area contributed by atoms with Crippen LogP contribution in [0, 0.1) is 11.3 Å². The highest BCUT2D eigenvalue weighted by Gasteiger charge is 2.05. The normalized spacial score (nSPS) is 11.7. The van der Waals surface area contributed by atoms with Gasteiger partial charge in [0, 0.05) is 11.7 Å². The zero-order valence-corrected chi connectivity index (χ0v) is 8.53. The van der Waals surface area contributed by atoms with E-state index in [9.17, 15) is 0 Å². The smallest absolute Gasteiger partial charge is 0.0643 e. The van der Waals surface area contributed by atoms with Gasteiger partial charge in [-0.3, -0.25) is 0 Å². The van der Waals surface area contributed by atoms with Crippen molar-refractivity contribution in [1.29, 1.82) is 5.26 Å². The zero-order chi connectivity index (χ0) is 10.2. The van der Waals surface area contributed by atoms with Crippen LogP contribution in [0.3, 0.4) is 0 Å². The van der Waals surface area contributed by atoms with E-state index in [1.807, 2.05) is 30.3 Å². The molecule has 14 heavy (non-hydrogen) atoms. The van der Waals surface area contributed by atoms with Crippen molar-refractivity contribution in [3.8, 4) is 6.07 Å². The SMILES string of the molecule is CCCC(CC#N)Nc1ccccc1. The molecule has 1 unspecified atom stereocenters. The number of para-hydroxylation sites is 1. The summed E-state index contributed by atoms with van der Waals surface area (Å²) in [5, 5.41) is 12.0. The van der Waals surface area contributed by atoms with Gasteiger partial charge in [-0.15, -0.1) is 0 Å². The van der Waals surface area contributed by atoms with Crippen LogP contribution in [0.15, 0.2) is 30.3 Å². The molecular formula is C12H16N2. The summed E-state index contributed by atoms with van der Waals surface area (Å²) in [6.07, 6.45) is 2.72. The summed E-state index contributed by atoms with van der Waals surface area (Å²) in [4.78, 5) is 0. The lowest BCUT2D eigenvalue weighted by Gasteiger charge is -2.15. The number of anilines is 1. The first-order chi connectivity index (χ1) is 6.86. The molecule has 2 heteroatoms. The fraction of sp³-hybridized carbons (Fsp3) is 0.417. The molecule has 0 bridgehead atoms. The molecule has 0 fully saturated rings. The predicted molar refractivity (Wildman–Crippen MR) is 59.0 cm³/mol. The summed E-state index contributed by atoms with van der Waals surface area (Å²) >= 11 is 0. The Labute approximate surface area is 85.6 Å². The second-order valence-electron chi connectivity index (χ2n) is 3.36.